The third kappa shape index (κ3) is 4.63. The first kappa shape index (κ1) is 20.6. The van der Waals surface area contributed by atoms with Gasteiger partial charge in [0, 0.05) is 12.2 Å². The Kier molecular flexibility index (Phi) is 5.92. The minimum Gasteiger partial charge on any atom is -0.464 e. The van der Waals surface area contributed by atoms with Gasteiger partial charge in [-0.2, -0.15) is 8.42 Å². The van der Waals surface area contributed by atoms with Crippen molar-refractivity contribution in [3.05, 3.63) is 53.5 Å². The summed E-state index contributed by atoms with van der Waals surface area (Å²) in [5, 5.41) is 0. The van der Waals surface area contributed by atoms with Crippen molar-refractivity contribution in [1.29, 1.82) is 0 Å². The van der Waals surface area contributed by atoms with Gasteiger partial charge in [0.05, 0.1) is 27.4 Å². The van der Waals surface area contributed by atoms with Crippen LogP contribution in [0.25, 0.3) is 10.2 Å². The summed E-state index contributed by atoms with van der Waals surface area (Å²) in [7, 11) is -3.53. The molecule has 1 aromatic heterocycles. The molecular weight excluding hydrogens is 398 g/mol. The Hall–Kier alpha value is -2.16. The molecule has 0 amide bonds. The van der Waals surface area contributed by atoms with Gasteiger partial charge in [0.2, 0.25) is 6.29 Å². The van der Waals surface area contributed by atoms with Crippen molar-refractivity contribution in [3.8, 4) is 11.5 Å². The van der Waals surface area contributed by atoms with Crippen LogP contribution in [0, 0.1) is 0 Å². The zero-order valence-electron chi connectivity index (χ0n) is 16.2. The molecule has 4 rings (SSSR count). The van der Waals surface area contributed by atoms with Crippen LogP contribution in [0.1, 0.15) is 26.3 Å². The number of rotatable bonds is 4. The van der Waals surface area contributed by atoms with Crippen LogP contribution < -0.4 is 8.92 Å². The standard InChI is InChI=1S/C13H18O5S.C7H5NS/c1-5-16-12-13(2,3)10-8-9(18-19(4,14)15)6-7-11(10)17-12;1-2-4-7-6(3-1)8-5-9-7/h6-8,12H,5H2,1-4H3;1-5H. The molecule has 6 nitrogen and oxygen atoms in total. The van der Waals surface area contributed by atoms with Crippen LogP contribution in [0.3, 0.4) is 0 Å². The Balaban J connectivity index is 0.000000206. The largest absolute Gasteiger partial charge is 0.464 e. The van der Waals surface area contributed by atoms with E-state index in [0.29, 0.717) is 12.4 Å². The van der Waals surface area contributed by atoms with E-state index in [-0.39, 0.29) is 17.5 Å². The summed E-state index contributed by atoms with van der Waals surface area (Å²) in [5.74, 6) is 0.986. The highest BCUT2D eigenvalue weighted by molar-refractivity contribution is 7.86. The fraction of sp³-hybridized carbons (Fsp3) is 0.350. The first-order chi connectivity index (χ1) is 13.2. The quantitative estimate of drug-likeness (QED) is 0.583. The fourth-order valence-electron chi connectivity index (χ4n) is 2.93. The number of hydrogen-bond donors (Lipinski definition) is 0. The molecule has 0 bridgehead atoms. The lowest BCUT2D eigenvalue weighted by Crippen LogP contribution is -2.34. The third-order valence-electron chi connectivity index (χ3n) is 4.27. The average molecular weight is 422 g/mol. The van der Waals surface area contributed by atoms with Crippen LogP contribution in [0.15, 0.2) is 48.0 Å². The number of fused-ring (bicyclic) bond motifs is 2. The van der Waals surface area contributed by atoms with Crippen LogP contribution >= 0.6 is 11.3 Å². The highest BCUT2D eigenvalue weighted by Gasteiger charge is 2.42. The molecule has 1 unspecified atom stereocenters. The predicted molar refractivity (Wildman–Crippen MR) is 111 cm³/mol. The van der Waals surface area contributed by atoms with E-state index in [9.17, 15) is 8.42 Å². The van der Waals surface area contributed by atoms with Crippen LogP contribution in [0.2, 0.25) is 0 Å². The SMILES string of the molecule is CCOC1Oc2ccc(OS(C)(=O)=O)cc2C1(C)C.c1ccc2scnc2c1. The molecule has 28 heavy (non-hydrogen) atoms. The van der Waals surface area contributed by atoms with E-state index < -0.39 is 10.1 Å². The molecule has 0 aliphatic carbocycles. The molecule has 2 aromatic carbocycles. The van der Waals surface area contributed by atoms with E-state index in [0.717, 1.165) is 17.3 Å². The van der Waals surface area contributed by atoms with Crippen molar-refractivity contribution in [2.75, 3.05) is 12.9 Å². The summed E-state index contributed by atoms with van der Waals surface area (Å²) in [5.41, 5.74) is 3.49. The number of benzene rings is 2. The smallest absolute Gasteiger partial charge is 0.306 e. The third-order valence-corrected chi connectivity index (χ3v) is 5.58. The molecule has 0 saturated heterocycles. The van der Waals surface area contributed by atoms with Crippen molar-refractivity contribution >= 4 is 31.7 Å². The van der Waals surface area contributed by atoms with Crippen molar-refractivity contribution in [2.45, 2.75) is 32.5 Å². The lowest BCUT2D eigenvalue weighted by molar-refractivity contribution is -0.0981. The van der Waals surface area contributed by atoms with E-state index in [2.05, 4.69) is 11.1 Å². The molecule has 1 aliphatic rings. The minimum atomic E-state index is -3.53. The summed E-state index contributed by atoms with van der Waals surface area (Å²) >= 11 is 1.68. The van der Waals surface area contributed by atoms with Gasteiger partial charge in [-0.1, -0.05) is 12.1 Å². The molecule has 0 radical (unpaired) electrons. The van der Waals surface area contributed by atoms with Gasteiger partial charge >= 0.3 is 10.1 Å². The number of thiazole rings is 1. The Bertz CT molecular complexity index is 1030. The van der Waals surface area contributed by atoms with E-state index >= 15 is 0 Å². The molecule has 150 valence electrons. The van der Waals surface area contributed by atoms with Crippen molar-refractivity contribution < 1.29 is 22.1 Å². The summed E-state index contributed by atoms with van der Waals surface area (Å²) < 4.78 is 39.7. The highest BCUT2D eigenvalue weighted by atomic mass is 32.2. The second-order valence-electron chi connectivity index (χ2n) is 6.89. The van der Waals surface area contributed by atoms with E-state index in [1.807, 2.05) is 44.5 Å². The van der Waals surface area contributed by atoms with E-state index in [1.165, 1.54) is 4.70 Å². The van der Waals surface area contributed by atoms with Crippen LogP contribution in [0.5, 0.6) is 11.5 Å². The number of aromatic nitrogens is 1. The van der Waals surface area contributed by atoms with Gasteiger partial charge in [-0.25, -0.2) is 4.98 Å². The molecule has 3 aromatic rings. The Morgan fingerprint density at radius 2 is 1.96 bits per heavy atom. The molecule has 0 fully saturated rings. The molecular formula is C20H23NO5S2. The van der Waals surface area contributed by atoms with E-state index in [4.69, 9.17) is 13.7 Å². The van der Waals surface area contributed by atoms with Crippen molar-refractivity contribution in [2.24, 2.45) is 0 Å². The first-order valence-corrected chi connectivity index (χ1v) is 11.5. The van der Waals surface area contributed by atoms with Gasteiger partial charge in [0.1, 0.15) is 11.5 Å². The fourth-order valence-corrected chi connectivity index (χ4v) is 4.06. The highest BCUT2D eigenvalue weighted by Crippen LogP contribution is 2.44. The van der Waals surface area contributed by atoms with Gasteiger partial charge in [-0.3, -0.25) is 0 Å². The van der Waals surface area contributed by atoms with Crippen LogP contribution in [0.4, 0.5) is 0 Å². The van der Waals surface area contributed by atoms with E-state index in [1.54, 1.807) is 29.5 Å². The second kappa shape index (κ2) is 8.06. The molecule has 0 N–H and O–H groups in total. The Morgan fingerprint density at radius 1 is 1.21 bits per heavy atom. The summed E-state index contributed by atoms with van der Waals surface area (Å²) in [4.78, 5) is 4.14. The number of para-hydroxylation sites is 1. The average Bonchev–Trinajstić information content (AvgIpc) is 3.18. The zero-order valence-corrected chi connectivity index (χ0v) is 17.8. The van der Waals surface area contributed by atoms with Gasteiger partial charge in [-0.05, 0) is 51.1 Å². The van der Waals surface area contributed by atoms with Gasteiger partial charge in [0.25, 0.3) is 0 Å². The van der Waals surface area contributed by atoms with Gasteiger partial charge < -0.3 is 13.7 Å². The number of nitrogens with zero attached hydrogens (tertiary/aromatic N) is 1. The maximum Gasteiger partial charge on any atom is 0.306 e. The summed E-state index contributed by atoms with van der Waals surface area (Å²) in [6.45, 7) is 6.43. The lowest BCUT2D eigenvalue weighted by Gasteiger charge is -2.25. The van der Waals surface area contributed by atoms with Crippen molar-refractivity contribution in [1.82, 2.24) is 4.98 Å². The van der Waals surface area contributed by atoms with Crippen molar-refractivity contribution in [3.63, 3.8) is 0 Å². The Morgan fingerprint density at radius 3 is 2.64 bits per heavy atom. The normalized spacial score (nSPS) is 17.4. The molecule has 0 saturated carbocycles. The topological polar surface area (TPSA) is 74.7 Å². The predicted octanol–water partition coefficient (Wildman–Crippen LogP) is 4.35. The monoisotopic (exact) mass is 421 g/mol. The molecule has 8 heteroatoms. The first-order valence-electron chi connectivity index (χ1n) is 8.81. The number of hydrogen-bond acceptors (Lipinski definition) is 7. The maximum absolute atomic E-state index is 11.2. The Labute approximate surface area is 169 Å². The maximum atomic E-state index is 11.2. The molecule has 1 atom stereocenters. The summed E-state index contributed by atoms with van der Waals surface area (Å²) in [6, 6.07) is 13.1. The lowest BCUT2D eigenvalue weighted by atomic mass is 9.85. The van der Waals surface area contributed by atoms with Crippen LogP contribution in [-0.4, -0.2) is 32.6 Å². The van der Waals surface area contributed by atoms with Crippen LogP contribution in [-0.2, 0) is 20.3 Å². The molecule has 2 heterocycles. The van der Waals surface area contributed by atoms with Gasteiger partial charge in [-0.15, -0.1) is 11.3 Å². The number of ether oxygens (including phenoxy) is 2. The molecule has 1 aliphatic heterocycles. The molecule has 0 spiro atoms. The second-order valence-corrected chi connectivity index (χ2v) is 9.35. The van der Waals surface area contributed by atoms with Gasteiger partial charge in [0.15, 0.2) is 0 Å². The summed E-state index contributed by atoms with van der Waals surface area (Å²) in [6.07, 6.45) is 0.645. The minimum absolute atomic E-state index is 0.287. The zero-order chi connectivity index (χ0) is 20.4.